The summed E-state index contributed by atoms with van der Waals surface area (Å²) >= 11 is 0. The van der Waals surface area contributed by atoms with Crippen molar-refractivity contribution in [1.82, 2.24) is 0 Å². The van der Waals surface area contributed by atoms with Gasteiger partial charge >= 0.3 is 12.1 Å². The highest BCUT2D eigenvalue weighted by molar-refractivity contribution is 5.76. The minimum Gasteiger partial charge on any atom is -0.453 e. The topological polar surface area (TPSA) is 26.3 Å². The quantitative estimate of drug-likeness (QED) is 0.398. The highest BCUT2D eigenvalue weighted by atomic mass is 19.4. The first-order valence-electron chi connectivity index (χ1n) is 7.49. The monoisotopic (exact) mass is 296 g/mol. The predicted molar refractivity (Wildman–Crippen MR) is 73.5 cm³/mol. The molecule has 0 aliphatic heterocycles. The Morgan fingerprint density at radius 1 is 0.900 bits per heavy atom. The molecule has 0 amide bonds. The summed E-state index contributed by atoms with van der Waals surface area (Å²) < 4.78 is 40.8. The fourth-order valence-corrected chi connectivity index (χ4v) is 2.04. The van der Waals surface area contributed by atoms with Gasteiger partial charge in [-0.3, -0.25) is 0 Å². The molecule has 0 unspecified atom stereocenters. The van der Waals surface area contributed by atoms with Crippen molar-refractivity contribution in [2.24, 2.45) is 0 Å². The first kappa shape index (κ1) is 19.3. The molecule has 0 fully saturated rings. The van der Waals surface area contributed by atoms with Crippen molar-refractivity contribution < 1.29 is 22.7 Å². The van der Waals surface area contributed by atoms with Crippen LogP contribution in [0.3, 0.4) is 0 Å². The van der Waals surface area contributed by atoms with Gasteiger partial charge in [-0.15, -0.1) is 0 Å². The first-order chi connectivity index (χ1) is 9.19. The van der Waals surface area contributed by atoms with Crippen LogP contribution in [0.4, 0.5) is 13.2 Å². The molecular formula is C15H27F3O2. The standard InChI is InChI=1S/C15H27F3O2/c1-4-5-6-7-8-9-10-11-12-14(2,3)20-13(19)15(16,17)18/h4-12H2,1-3H3. The van der Waals surface area contributed by atoms with Gasteiger partial charge in [0.2, 0.25) is 0 Å². The number of esters is 1. The van der Waals surface area contributed by atoms with Gasteiger partial charge in [-0.05, 0) is 26.7 Å². The number of halogens is 3. The Morgan fingerprint density at radius 3 is 1.80 bits per heavy atom. The van der Waals surface area contributed by atoms with Gasteiger partial charge in [0.25, 0.3) is 0 Å². The summed E-state index contributed by atoms with van der Waals surface area (Å²) in [5.41, 5.74) is -1.05. The van der Waals surface area contributed by atoms with E-state index in [1.165, 1.54) is 46.0 Å². The third-order valence-electron chi connectivity index (χ3n) is 3.23. The van der Waals surface area contributed by atoms with Gasteiger partial charge in [0.1, 0.15) is 5.60 Å². The molecule has 0 aromatic heterocycles. The molecule has 0 aliphatic rings. The Morgan fingerprint density at radius 2 is 1.35 bits per heavy atom. The zero-order valence-corrected chi connectivity index (χ0v) is 12.8. The Bertz CT molecular complexity index is 273. The highest BCUT2D eigenvalue weighted by Gasteiger charge is 2.43. The van der Waals surface area contributed by atoms with Crippen LogP contribution in [-0.4, -0.2) is 17.7 Å². The highest BCUT2D eigenvalue weighted by Crippen LogP contribution is 2.25. The van der Waals surface area contributed by atoms with Crippen LogP contribution < -0.4 is 0 Å². The molecule has 0 rings (SSSR count). The van der Waals surface area contributed by atoms with E-state index in [1.54, 1.807) is 0 Å². The lowest BCUT2D eigenvalue weighted by molar-refractivity contribution is -0.212. The molecule has 5 heteroatoms. The summed E-state index contributed by atoms with van der Waals surface area (Å²) in [5, 5.41) is 0. The molecule has 2 nitrogen and oxygen atoms in total. The number of hydrogen-bond acceptors (Lipinski definition) is 2. The number of carbonyl (C=O) groups is 1. The second-order valence-corrected chi connectivity index (χ2v) is 5.87. The molecule has 0 aliphatic carbocycles. The summed E-state index contributed by atoms with van der Waals surface area (Å²) in [6.07, 6.45) is 4.53. The SMILES string of the molecule is CCCCCCCCCCC(C)(C)OC(=O)C(F)(F)F. The van der Waals surface area contributed by atoms with Crippen LogP contribution in [0.25, 0.3) is 0 Å². The van der Waals surface area contributed by atoms with Crippen molar-refractivity contribution in [3.8, 4) is 0 Å². The minimum atomic E-state index is -4.91. The number of alkyl halides is 3. The van der Waals surface area contributed by atoms with Crippen molar-refractivity contribution in [2.45, 2.75) is 90.3 Å². The van der Waals surface area contributed by atoms with Gasteiger partial charge in [-0.2, -0.15) is 13.2 Å². The van der Waals surface area contributed by atoms with Crippen molar-refractivity contribution in [2.75, 3.05) is 0 Å². The molecule has 0 aromatic rings. The molecule has 20 heavy (non-hydrogen) atoms. The summed E-state index contributed by atoms with van der Waals surface area (Å²) in [6.45, 7) is 5.22. The van der Waals surface area contributed by atoms with Gasteiger partial charge in [-0.1, -0.05) is 51.9 Å². The van der Waals surface area contributed by atoms with Gasteiger partial charge in [0.15, 0.2) is 0 Å². The largest absolute Gasteiger partial charge is 0.490 e. The van der Waals surface area contributed by atoms with E-state index >= 15 is 0 Å². The zero-order valence-electron chi connectivity index (χ0n) is 12.8. The maximum Gasteiger partial charge on any atom is 0.490 e. The normalized spacial score (nSPS) is 12.5. The molecule has 0 atom stereocenters. The molecule has 0 bridgehead atoms. The lowest BCUT2D eigenvalue weighted by Crippen LogP contribution is -2.35. The van der Waals surface area contributed by atoms with E-state index in [4.69, 9.17) is 0 Å². The van der Waals surface area contributed by atoms with E-state index in [2.05, 4.69) is 11.7 Å². The molecule has 0 radical (unpaired) electrons. The lowest BCUT2D eigenvalue weighted by atomic mass is 9.99. The fraction of sp³-hybridized carbons (Fsp3) is 0.933. The van der Waals surface area contributed by atoms with Gasteiger partial charge < -0.3 is 4.74 Å². The second kappa shape index (κ2) is 9.24. The van der Waals surface area contributed by atoms with Crippen molar-refractivity contribution in [3.63, 3.8) is 0 Å². The molecule has 0 saturated heterocycles. The Labute approximate surface area is 120 Å². The molecule has 0 spiro atoms. The average Bonchev–Trinajstić information content (AvgIpc) is 2.30. The maximum atomic E-state index is 12.1. The summed E-state index contributed by atoms with van der Waals surface area (Å²) in [6, 6.07) is 0. The summed E-state index contributed by atoms with van der Waals surface area (Å²) in [5.74, 6) is -2.10. The molecule has 0 heterocycles. The van der Waals surface area contributed by atoms with Gasteiger partial charge in [0.05, 0.1) is 0 Å². The zero-order chi connectivity index (χ0) is 15.6. The van der Waals surface area contributed by atoms with E-state index in [0.717, 1.165) is 19.3 Å². The van der Waals surface area contributed by atoms with Crippen LogP contribution in [0.15, 0.2) is 0 Å². The number of hydrogen-bond donors (Lipinski definition) is 0. The lowest BCUT2D eigenvalue weighted by Gasteiger charge is -2.25. The molecule has 0 saturated carbocycles. The molecule has 0 aromatic carbocycles. The van der Waals surface area contributed by atoms with Crippen molar-refractivity contribution in [3.05, 3.63) is 0 Å². The Kier molecular flexibility index (Phi) is 8.90. The number of ether oxygens (including phenoxy) is 1. The third kappa shape index (κ3) is 10.1. The minimum absolute atomic E-state index is 0.462. The molecule has 0 N–H and O–H groups in total. The predicted octanol–water partition coefficient (Wildman–Crippen LogP) is 5.40. The molecule has 120 valence electrons. The fourth-order valence-electron chi connectivity index (χ4n) is 2.04. The van der Waals surface area contributed by atoms with E-state index < -0.39 is 17.7 Å². The van der Waals surface area contributed by atoms with Crippen molar-refractivity contribution in [1.29, 1.82) is 0 Å². The Balaban J connectivity index is 3.70. The first-order valence-corrected chi connectivity index (χ1v) is 7.49. The number of unbranched alkanes of at least 4 members (excludes halogenated alkanes) is 7. The van der Waals surface area contributed by atoms with E-state index in [0.29, 0.717) is 6.42 Å². The maximum absolute atomic E-state index is 12.1. The number of carbonyl (C=O) groups excluding carboxylic acids is 1. The molecular weight excluding hydrogens is 269 g/mol. The van der Waals surface area contributed by atoms with Crippen LogP contribution in [0.1, 0.15) is 78.6 Å². The third-order valence-corrected chi connectivity index (χ3v) is 3.23. The Hall–Kier alpha value is -0.740. The van der Waals surface area contributed by atoms with E-state index in [1.807, 2.05) is 0 Å². The van der Waals surface area contributed by atoms with Gasteiger partial charge in [-0.25, -0.2) is 4.79 Å². The van der Waals surface area contributed by atoms with Crippen LogP contribution in [0, 0.1) is 0 Å². The van der Waals surface area contributed by atoms with Crippen molar-refractivity contribution >= 4 is 5.97 Å². The van der Waals surface area contributed by atoms with E-state index in [9.17, 15) is 18.0 Å². The number of rotatable bonds is 10. The van der Waals surface area contributed by atoms with Crippen LogP contribution in [0.2, 0.25) is 0 Å². The van der Waals surface area contributed by atoms with Crippen LogP contribution >= 0.6 is 0 Å². The van der Waals surface area contributed by atoms with Crippen LogP contribution in [0.5, 0.6) is 0 Å². The summed E-state index contributed by atoms with van der Waals surface area (Å²) in [4.78, 5) is 10.8. The average molecular weight is 296 g/mol. The summed E-state index contributed by atoms with van der Waals surface area (Å²) in [7, 11) is 0. The van der Waals surface area contributed by atoms with E-state index in [-0.39, 0.29) is 0 Å². The van der Waals surface area contributed by atoms with Gasteiger partial charge in [0, 0.05) is 0 Å². The van der Waals surface area contributed by atoms with Crippen LogP contribution in [-0.2, 0) is 9.53 Å². The smallest absolute Gasteiger partial charge is 0.453 e. The second-order valence-electron chi connectivity index (χ2n) is 5.87.